The number of hydrogen-bond donors (Lipinski definition) is 1. The zero-order valence-corrected chi connectivity index (χ0v) is 13.6. The number of carbonyl (C=O) groups excluding carboxylic acids is 1. The third-order valence-electron chi connectivity index (χ3n) is 2.65. The molecule has 0 saturated heterocycles. The summed E-state index contributed by atoms with van der Waals surface area (Å²) in [4.78, 5) is 20.6. The summed E-state index contributed by atoms with van der Waals surface area (Å²) in [6.07, 6.45) is 3.28. The van der Waals surface area contributed by atoms with Crippen LogP contribution in [0.1, 0.15) is 54.4 Å². The number of aryl methyl sites for hydroxylation is 1. The summed E-state index contributed by atoms with van der Waals surface area (Å²) in [5.41, 5.74) is 0.155. The first-order valence-electron chi connectivity index (χ1n) is 6.67. The largest absolute Gasteiger partial charge is 0.295 e. The highest BCUT2D eigenvalue weighted by Gasteiger charge is 2.17. The van der Waals surface area contributed by atoms with Crippen LogP contribution in [0.5, 0.6) is 0 Å². The molecule has 0 aliphatic carbocycles. The van der Waals surface area contributed by atoms with Crippen molar-refractivity contribution in [2.24, 2.45) is 0 Å². The first-order valence-corrected chi connectivity index (χ1v) is 7.86. The van der Waals surface area contributed by atoms with Gasteiger partial charge in [0.1, 0.15) is 10.8 Å². The number of halogens is 1. The third kappa shape index (κ3) is 3.95. The molecule has 6 nitrogen and oxygen atoms in total. The second kappa shape index (κ2) is 6.91. The predicted molar refractivity (Wildman–Crippen MR) is 83.0 cm³/mol. The first kappa shape index (κ1) is 15.8. The Bertz CT molecular complexity index is 643. The van der Waals surface area contributed by atoms with E-state index in [1.165, 1.54) is 17.5 Å². The predicted octanol–water partition coefficient (Wildman–Crippen LogP) is 3.31. The maximum Gasteiger partial charge on any atom is 0.277 e. The van der Waals surface area contributed by atoms with Crippen molar-refractivity contribution < 1.29 is 4.79 Å². The highest BCUT2D eigenvalue weighted by molar-refractivity contribution is 7.15. The van der Waals surface area contributed by atoms with Gasteiger partial charge in [0.05, 0.1) is 11.2 Å². The van der Waals surface area contributed by atoms with Crippen molar-refractivity contribution in [1.82, 2.24) is 20.2 Å². The van der Waals surface area contributed by atoms with Crippen LogP contribution < -0.4 is 5.32 Å². The average molecular weight is 326 g/mol. The van der Waals surface area contributed by atoms with E-state index in [9.17, 15) is 4.79 Å². The highest BCUT2D eigenvalue weighted by atomic mass is 35.5. The lowest BCUT2D eigenvalue weighted by molar-refractivity contribution is 0.102. The third-order valence-corrected chi connectivity index (χ3v) is 3.82. The van der Waals surface area contributed by atoms with Gasteiger partial charge in [-0.25, -0.2) is 9.97 Å². The van der Waals surface area contributed by atoms with E-state index in [-0.39, 0.29) is 16.6 Å². The zero-order chi connectivity index (χ0) is 15.4. The van der Waals surface area contributed by atoms with Crippen LogP contribution in [0.25, 0.3) is 0 Å². The second-order valence-electron chi connectivity index (χ2n) is 4.78. The molecule has 2 heterocycles. The van der Waals surface area contributed by atoms with Crippen molar-refractivity contribution in [2.45, 2.75) is 39.5 Å². The van der Waals surface area contributed by atoms with Crippen LogP contribution in [0.2, 0.25) is 5.02 Å². The Labute approximate surface area is 132 Å². The molecule has 0 spiro atoms. The number of nitrogens with zero attached hydrogens (tertiary/aromatic N) is 4. The molecule has 0 aromatic carbocycles. The molecule has 0 unspecified atom stereocenters. The first-order chi connectivity index (χ1) is 10.0. The quantitative estimate of drug-likeness (QED) is 0.912. The minimum atomic E-state index is -0.400. The molecule has 8 heteroatoms. The lowest BCUT2D eigenvalue weighted by Gasteiger charge is -2.07. The molecular weight excluding hydrogens is 310 g/mol. The lowest BCUT2D eigenvalue weighted by atomic mass is 10.2. The lowest BCUT2D eigenvalue weighted by Crippen LogP contribution is -2.16. The molecule has 1 N–H and O–H groups in total. The van der Waals surface area contributed by atoms with Gasteiger partial charge in [-0.1, -0.05) is 43.7 Å². The fourth-order valence-corrected chi connectivity index (χ4v) is 2.61. The van der Waals surface area contributed by atoms with Crippen LogP contribution in [-0.4, -0.2) is 26.1 Å². The molecule has 2 aromatic heterocycles. The van der Waals surface area contributed by atoms with Crippen LogP contribution in [0.3, 0.4) is 0 Å². The molecule has 0 fully saturated rings. The molecule has 0 aliphatic heterocycles. The van der Waals surface area contributed by atoms with Crippen molar-refractivity contribution >= 4 is 34.0 Å². The summed E-state index contributed by atoms with van der Waals surface area (Å²) in [6.45, 7) is 5.97. The number of hydrogen-bond acceptors (Lipinski definition) is 6. The van der Waals surface area contributed by atoms with E-state index in [0.29, 0.717) is 11.0 Å². The fourth-order valence-electron chi connectivity index (χ4n) is 1.59. The van der Waals surface area contributed by atoms with E-state index < -0.39 is 5.91 Å². The Morgan fingerprint density at radius 3 is 2.86 bits per heavy atom. The Morgan fingerprint density at radius 2 is 2.19 bits per heavy atom. The van der Waals surface area contributed by atoms with Gasteiger partial charge in [-0.2, -0.15) is 0 Å². The number of amides is 1. The summed E-state index contributed by atoms with van der Waals surface area (Å²) in [6, 6.07) is 0. The average Bonchev–Trinajstić information content (AvgIpc) is 2.86. The van der Waals surface area contributed by atoms with Gasteiger partial charge in [0.2, 0.25) is 5.13 Å². The van der Waals surface area contributed by atoms with Gasteiger partial charge in [-0.15, -0.1) is 10.2 Å². The van der Waals surface area contributed by atoms with E-state index >= 15 is 0 Å². The fraction of sp³-hybridized carbons (Fsp3) is 0.462. The van der Waals surface area contributed by atoms with E-state index in [0.717, 1.165) is 17.8 Å². The highest BCUT2D eigenvalue weighted by Crippen LogP contribution is 2.20. The molecule has 2 aromatic rings. The number of rotatable bonds is 5. The van der Waals surface area contributed by atoms with Crippen LogP contribution in [0.4, 0.5) is 5.13 Å². The van der Waals surface area contributed by atoms with Crippen LogP contribution >= 0.6 is 22.9 Å². The molecule has 0 saturated carbocycles. The molecule has 2 rings (SSSR count). The van der Waals surface area contributed by atoms with Crippen LogP contribution in [0, 0.1) is 0 Å². The molecule has 0 atom stereocenters. The SMILES string of the molecule is CCCc1nnc(NC(=O)c2nc(C(C)C)ncc2Cl)s1. The molecule has 0 radical (unpaired) electrons. The number of carbonyl (C=O) groups is 1. The monoisotopic (exact) mass is 325 g/mol. The van der Waals surface area contributed by atoms with Gasteiger partial charge >= 0.3 is 0 Å². The van der Waals surface area contributed by atoms with Crippen molar-refractivity contribution in [3.63, 3.8) is 0 Å². The Morgan fingerprint density at radius 1 is 1.43 bits per heavy atom. The van der Waals surface area contributed by atoms with Gasteiger partial charge in [-0.3, -0.25) is 10.1 Å². The zero-order valence-electron chi connectivity index (χ0n) is 12.1. The summed E-state index contributed by atoms with van der Waals surface area (Å²) in [7, 11) is 0. The minimum Gasteiger partial charge on any atom is -0.295 e. The molecule has 21 heavy (non-hydrogen) atoms. The van der Waals surface area contributed by atoms with Crippen molar-refractivity contribution in [2.75, 3.05) is 5.32 Å². The van der Waals surface area contributed by atoms with Crippen LogP contribution in [-0.2, 0) is 6.42 Å². The summed E-state index contributed by atoms with van der Waals surface area (Å²) in [5, 5.41) is 12.2. The molecule has 1 amide bonds. The van der Waals surface area contributed by atoms with Crippen LogP contribution in [0.15, 0.2) is 6.20 Å². The standard InChI is InChI=1S/C13H16ClN5OS/c1-4-5-9-18-19-13(21-9)17-12(20)10-8(14)6-15-11(16-10)7(2)3/h6-7H,4-5H2,1-3H3,(H,17,19,20). The Hall–Kier alpha value is -1.60. The molecule has 112 valence electrons. The number of anilines is 1. The van der Waals surface area contributed by atoms with Gasteiger partial charge in [0.15, 0.2) is 5.69 Å². The van der Waals surface area contributed by atoms with E-state index in [1.54, 1.807) is 0 Å². The summed E-state index contributed by atoms with van der Waals surface area (Å²) >= 11 is 7.35. The van der Waals surface area contributed by atoms with Crippen molar-refractivity contribution in [3.8, 4) is 0 Å². The molecule has 0 bridgehead atoms. The maximum atomic E-state index is 12.2. The number of nitrogens with one attached hydrogen (secondary N) is 1. The smallest absolute Gasteiger partial charge is 0.277 e. The Kier molecular flexibility index (Phi) is 5.19. The second-order valence-corrected chi connectivity index (χ2v) is 6.25. The van der Waals surface area contributed by atoms with E-state index in [4.69, 9.17) is 11.6 Å². The normalized spacial score (nSPS) is 10.9. The molecular formula is C13H16ClN5OS. The van der Waals surface area contributed by atoms with E-state index in [2.05, 4.69) is 32.4 Å². The number of aromatic nitrogens is 4. The van der Waals surface area contributed by atoms with E-state index in [1.807, 2.05) is 13.8 Å². The maximum absolute atomic E-state index is 12.2. The van der Waals surface area contributed by atoms with Crippen molar-refractivity contribution in [3.05, 3.63) is 27.7 Å². The topological polar surface area (TPSA) is 80.7 Å². The van der Waals surface area contributed by atoms with Crippen molar-refractivity contribution in [1.29, 1.82) is 0 Å². The Balaban J connectivity index is 2.17. The minimum absolute atomic E-state index is 0.117. The van der Waals surface area contributed by atoms with Gasteiger partial charge in [0.25, 0.3) is 5.91 Å². The van der Waals surface area contributed by atoms with Gasteiger partial charge < -0.3 is 0 Å². The van der Waals surface area contributed by atoms with Gasteiger partial charge in [-0.05, 0) is 6.42 Å². The summed E-state index contributed by atoms with van der Waals surface area (Å²) in [5.74, 6) is 0.295. The summed E-state index contributed by atoms with van der Waals surface area (Å²) < 4.78 is 0. The van der Waals surface area contributed by atoms with Gasteiger partial charge in [0, 0.05) is 12.3 Å². The molecule has 0 aliphatic rings.